The monoisotopic (exact) mass is 183 g/mol. The fraction of sp³-hybridized carbons (Fsp3) is 1.00. The Hall–Kier alpha value is -0.0800. The van der Waals surface area contributed by atoms with Crippen molar-refractivity contribution in [3.63, 3.8) is 0 Å². The molecule has 2 aliphatic rings. The lowest BCUT2D eigenvalue weighted by Gasteiger charge is -2.35. The number of hydrogen-bond donors (Lipinski definition) is 0. The summed E-state index contributed by atoms with van der Waals surface area (Å²) in [7, 11) is 2.09. The van der Waals surface area contributed by atoms with Gasteiger partial charge in [-0.1, -0.05) is 13.3 Å². The molecule has 2 fully saturated rings. The van der Waals surface area contributed by atoms with Gasteiger partial charge in [0, 0.05) is 19.0 Å². The van der Waals surface area contributed by atoms with Crippen LogP contribution in [0.15, 0.2) is 0 Å². The molecule has 1 saturated carbocycles. The minimum Gasteiger partial charge on any atom is -0.293 e. The van der Waals surface area contributed by atoms with Crippen molar-refractivity contribution >= 4 is 0 Å². The average Bonchev–Trinajstić information content (AvgIpc) is 2.24. The molecule has 0 bridgehead atoms. The molecule has 1 aliphatic heterocycles. The molecule has 0 aromatic rings. The quantitative estimate of drug-likeness (QED) is 0.572. The van der Waals surface area contributed by atoms with Crippen molar-refractivity contribution in [1.29, 1.82) is 0 Å². The third-order valence-corrected chi connectivity index (χ3v) is 3.86. The van der Waals surface area contributed by atoms with Crippen molar-refractivity contribution in [3.05, 3.63) is 0 Å². The van der Waals surface area contributed by atoms with E-state index in [0.717, 1.165) is 11.8 Å². The lowest BCUT2D eigenvalue weighted by molar-refractivity contribution is -0.182. The second kappa shape index (κ2) is 2.96. The van der Waals surface area contributed by atoms with Crippen molar-refractivity contribution in [1.82, 2.24) is 5.06 Å². The zero-order chi connectivity index (χ0) is 9.64. The summed E-state index contributed by atoms with van der Waals surface area (Å²) >= 11 is 0. The van der Waals surface area contributed by atoms with E-state index < -0.39 is 0 Å². The Balaban J connectivity index is 2.21. The van der Waals surface area contributed by atoms with E-state index in [2.05, 4.69) is 32.9 Å². The topological polar surface area (TPSA) is 12.5 Å². The van der Waals surface area contributed by atoms with Crippen LogP contribution >= 0.6 is 0 Å². The van der Waals surface area contributed by atoms with Crippen molar-refractivity contribution < 1.29 is 4.84 Å². The van der Waals surface area contributed by atoms with Crippen molar-refractivity contribution in [3.8, 4) is 0 Å². The van der Waals surface area contributed by atoms with Crippen LogP contribution in [0.5, 0.6) is 0 Å². The minimum absolute atomic E-state index is 0.0636. The average molecular weight is 183 g/mol. The first-order chi connectivity index (χ1) is 6.02. The van der Waals surface area contributed by atoms with Gasteiger partial charge in [-0.15, -0.1) is 0 Å². The Kier molecular flexibility index (Phi) is 2.16. The molecule has 76 valence electrons. The highest BCUT2D eigenvalue weighted by Crippen LogP contribution is 2.45. The second-order valence-electron chi connectivity index (χ2n) is 5.25. The zero-order valence-electron chi connectivity index (χ0n) is 9.21. The van der Waals surface area contributed by atoms with Crippen LogP contribution < -0.4 is 0 Å². The molecule has 2 nitrogen and oxygen atoms in total. The van der Waals surface area contributed by atoms with Gasteiger partial charge in [-0.25, -0.2) is 0 Å². The molecule has 0 amide bonds. The zero-order valence-corrected chi connectivity index (χ0v) is 9.21. The Morgan fingerprint density at radius 1 is 1.31 bits per heavy atom. The Morgan fingerprint density at radius 2 is 2.00 bits per heavy atom. The number of fused-ring (bicyclic) bond motifs is 1. The number of hydroxylamine groups is 2. The van der Waals surface area contributed by atoms with E-state index in [0.29, 0.717) is 6.04 Å². The Morgan fingerprint density at radius 3 is 2.62 bits per heavy atom. The maximum Gasteiger partial charge on any atom is 0.0887 e. The van der Waals surface area contributed by atoms with Crippen LogP contribution in [0.1, 0.15) is 40.0 Å². The molecular formula is C11H21NO. The van der Waals surface area contributed by atoms with Gasteiger partial charge in [-0.2, -0.15) is 5.06 Å². The van der Waals surface area contributed by atoms with Gasteiger partial charge in [0.25, 0.3) is 0 Å². The van der Waals surface area contributed by atoms with E-state index >= 15 is 0 Å². The lowest BCUT2D eigenvalue weighted by atomic mass is 9.72. The summed E-state index contributed by atoms with van der Waals surface area (Å²) in [6.45, 7) is 6.82. The molecule has 0 aromatic carbocycles. The summed E-state index contributed by atoms with van der Waals surface area (Å²) in [6.07, 6.45) is 4.08. The van der Waals surface area contributed by atoms with Gasteiger partial charge in [-0.05, 0) is 32.6 Å². The van der Waals surface area contributed by atoms with Gasteiger partial charge in [-0.3, -0.25) is 4.84 Å². The summed E-state index contributed by atoms with van der Waals surface area (Å²) in [6, 6.07) is 0.656. The van der Waals surface area contributed by atoms with Crippen LogP contribution in [0.4, 0.5) is 0 Å². The molecule has 13 heavy (non-hydrogen) atoms. The summed E-state index contributed by atoms with van der Waals surface area (Å²) < 4.78 is 0. The fourth-order valence-corrected chi connectivity index (χ4v) is 3.27. The van der Waals surface area contributed by atoms with Crippen molar-refractivity contribution in [2.45, 2.75) is 51.7 Å². The van der Waals surface area contributed by atoms with Gasteiger partial charge < -0.3 is 0 Å². The van der Waals surface area contributed by atoms with Crippen molar-refractivity contribution in [2.24, 2.45) is 11.8 Å². The van der Waals surface area contributed by atoms with Gasteiger partial charge in [0.15, 0.2) is 0 Å². The molecule has 1 saturated heterocycles. The predicted molar refractivity (Wildman–Crippen MR) is 53.2 cm³/mol. The first kappa shape index (κ1) is 9.47. The number of rotatable bonds is 0. The first-order valence-electron chi connectivity index (χ1n) is 5.44. The molecule has 2 heteroatoms. The number of hydrogen-bond acceptors (Lipinski definition) is 2. The first-order valence-corrected chi connectivity index (χ1v) is 5.44. The maximum atomic E-state index is 5.90. The van der Waals surface area contributed by atoms with Crippen LogP contribution in [-0.2, 0) is 4.84 Å². The fourth-order valence-electron chi connectivity index (χ4n) is 3.27. The Labute approximate surface area is 81.2 Å². The maximum absolute atomic E-state index is 5.90. The summed E-state index contributed by atoms with van der Waals surface area (Å²) in [4.78, 5) is 5.90. The van der Waals surface area contributed by atoms with E-state index in [1.54, 1.807) is 0 Å². The molecule has 0 spiro atoms. The molecule has 1 aliphatic carbocycles. The molecule has 3 unspecified atom stereocenters. The standard InChI is InChI=1S/C11H21NO/c1-8-6-5-7-9-10(8)12(4)13-11(9,2)3/h8-10H,5-7H2,1-4H3. The van der Waals surface area contributed by atoms with E-state index in [4.69, 9.17) is 4.84 Å². The summed E-state index contributed by atoms with van der Waals surface area (Å²) in [5.74, 6) is 1.53. The van der Waals surface area contributed by atoms with Crippen LogP contribution in [0.25, 0.3) is 0 Å². The van der Waals surface area contributed by atoms with Crippen LogP contribution in [0, 0.1) is 11.8 Å². The minimum atomic E-state index is 0.0636. The summed E-state index contributed by atoms with van der Waals surface area (Å²) in [5.41, 5.74) is 0.0636. The third-order valence-electron chi connectivity index (χ3n) is 3.86. The smallest absolute Gasteiger partial charge is 0.0887 e. The van der Waals surface area contributed by atoms with Crippen LogP contribution in [0.3, 0.4) is 0 Å². The molecular weight excluding hydrogens is 162 g/mol. The molecule has 0 N–H and O–H groups in total. The Bertz CT molecular complexity index is 202. The highest BCUT2D eigenvalue weighted by Gasteiger charge is 2.50. The van der Waals surface area contributed by atoms with E-state index in [1.807, 2.05) is 0 Å². The van der Waals surface area contributed by atoms with E-state index in [9.17, 15) is 0 Å². The molecule has 0 radical (unpaired) electrons. The van der Waals surface area contributed by atoms with Gasteiger partial charge in [0.2, 0.25) is 0 Å². The van der Waals surface area contributed by atoms with Crippen LogP contribution in [0.2, 0.25) is 0 Å². The highest BCUT2D eigenvalue weighted by molar-refractivity contribution is 4.97. The lowest BCUT2D eigenvalue weighted by Crippen LogP contribution is -2.40. The summed E-state index contributed by atoms with van der Waals surface area (Å²) in [5, 5.41) is 2.11. The second-order valence-corrected chi connectivity index (χ2v) is 5.25. The normalized spacial score (nSPS) is 44.8. The molecule has 2 rings (SSSR count). The van der Waals surface area contributed by atoms with Gasteiger partial charge in [0.1, 0.15) is 0 Å². The molecule has 3 atom stereocenters. The van der Waals surface area contributed by atoms with Gasteiger partial charge >= 0.3 is 0 Å². The molecule has 1 heterocycles. The predicted octanol–water partition coefficient (Wildman–Crippen LogP) is 2.45. The number of nitrogens with zero attached hydrogens (tertiary/aromatic N) is 1. The van der Waals surface area contributed by atoms with Crippen LogP contribution in [-0.4, -0.2) is 23.8 Å². The van der Waals surface area contributed by atoms with E-state index in [1.165, 1.54) is 19.3 Å². The largest absolute Gasteiger partial charge is 0.293 e. The molecule has 0 aromatic heterocycles. The van der Waals surface area contributed by atoms with Crippen molar-refractivity contribution in [2.75, 3.05) is 7.05 Å². The SMILES string of the molecule is CC1CCCC2C1N(C)OC2(C)C. The van der Waals surface area contributed by atoms with Gasteiger partial charge in [0.05, 0.1) is 5.60 Å². The van der Waals surface area contributed by atoms with E-state index in [-0.39, 0.29) is 5.60 Å². The highest BCUT2D eigenvalue weighted by atomic mass is 16.7. The third kappa shape index (κ3) is 1.40.